The topological polar surface area (TPSA) is 44.8 Å². The summed E-state index contributed by atoms with van der Waals surface area (Å²) in [5, 5.41) is 0. The number of ketones is 1. The van der Waals surface area contributed by atoms with Gasteiger partial charge in [0.1, 0.15) is 0 Å². The molecule has 1 aliphatic heterocycles. The van der Waals surface area contributed by atoms with Crippen molar-refractivity contribution in [1.29, 1.82) is 0 Å². The molecule has 0 fully saturated rings. The van der Waals surface area contributed by atoms with Crippen molar-refractivity contribution in [2.45, 2.75) is 19.8 Å². The fourth-order valence-electron chi connectivity index (χ4n) is 1.79. The number of Topliss-reactive ketones (excluding diaryl/α,β-unsaturated/α-hetero) is 1. The van der Waals surface area contributed by atoms with Crippen molar-refractivity contribution in [3.63, 3.8) is 0 Å². The minimum Gasteiger partial charge on any atom is -0.490 e. The zero-order valence-corrected chi connectivity index (χ0v) is 10.6. The molecule has 0 radical (unpaired) electrons. The standard InChI is InChI=1S/C14H18O4/c1-2-16-9-6-12(15)11-4-5-13-14(10-11)18-8-3-7-17-13/h4-5,10H,2-3,6-9H2,1H3. The highest BCUT2D eigenvalue weighted by Crippen LogP contribution is 2.30. The molecule has 0 aromatic heterocycles. The van der Waals surface area contributed by atoms with Gasteiger partial charge in [-0.3, -0.25) is 4.79 Å². The van der Waals surface area contributed by atoms with E-state index in [-0.39, 0.29) is 5.78 Å². The molecule has 18 heavy (non-hydrogen) atoms. The summed E-state index contributed by atoms with van der Waals surface area (Å²) in [5.74, 6) is 1.45. The molecule has 1 aromatic rings. The van der Waals surface area contributed by atoms with Gasteiger partial charge < -0.3 is 14.2 Å². The normalized spacial score (nSPS) is 14.1. The fraction of sp³-hybridized carbons (Fsp3) is 0.500. The van der Waals surface area contributed by atoms with Crippen molar-refractivity contribution >= 4 is 5.78 Å². The van der Waals surface area contributed by atoms with Crippen molar-refractivity contribution in [2.75, 3.05) is 26.4 Å². The zero-order valence-electron chi connectivity index (χ0n) is 10.6. The van der Waals surface area contributed by atoms with Gasteiger partial charge in [-0.1, -0.05) is 0 Å². The average molecular weight is 250 g/mol. The number of benzene rings is 1. The van der Waals surface area contributed by atoms with E-state index in [0.717, 1.165) is 6.42 Å². The first kappa shape index (κ1) is 12.9. The fourth-order valence-corrected chi connectivity index (χ4v) is 1.79. The molecule has 0 amide bonds. The number of ether oxygens (including phenoxy) is 3. The third-order valence-electron chi connectivity index (χ3n) is 2.75. The van der Waals surface area contributed by atoms with Gasteiger partial charge in [-0.2, -0.15) is 0 Å². The smallest absolute Gasteiger partial charge is 0.165 e. The van der Waals surface area contributed by atoms with Crippen molar-refractivity contribution in [3.8, 4) is 11.5 Å². The van der Waals surface area contributed by atoms with Crippen LogP contribution in [0.3, 0.4) is 0 Å². The maximum absolute atomic E-state index is 11.9. The summed E-state index contributed by atoms with van der Waals surface area (Å²) in [6, 6.07) is 5.34. The third kappa shape index (κ3) is 3.23. The van der Waals surface area contributed by atoms with E-state index in [4.69, 9.17) is 14.2 Å². The highest BCUT2D eigenvalue weighted by Gasteiger charge is 2.13. The van der Waals surface area contributed by atoms with E-state index >= 15 is 0 Å². The average Bonchev–Trinajstić information content (AvgIpc) is 2.63. The summed E-state index contributed by atoms with van der Waals surface area (Å²) in [5.41, 5.74) is 0.652. The van der Waals surface area contributed by atoms with Crippen LogP contribution in [0.4, 0.5) is 0 Å². The first-order valence-corrected chi connectivity index (χ1v) is 6.32. The molecule has 0 unspecified atom stereocenters. The summed E-state index contributed by atoms with van der Waals surface area (Å²) in [6.45, 7) is 4.30. The van der Waals surface area contributed by atoms with Crippen LogP contribution in [0, 0.1) is 0 Å². The number of hydrogen-bond acceptors (Lipinski definition) is 4. The van der Waals surface area contributed by atoms with Crippen molar-refractivity contribution in [2.24, 2.45) is 0 Å². The molecule has 98 valence electrons. The molecule has 0 saturated heterocycles. The van der Waals surface area contributed by atoms with Crippen LogP contribution in [-0.2, 0) is 4.74 Å². The van der Waals surface area contributed by atoms with Crippen LogP contribution in [0.1, 0.15) is 30.1 Å². The Labute approximate surface area is 107 Å². The molecular weight excluding hydrogens is 232 g/mol. The highest BCUT2D eigenvalue weighted by atomic mass is 16.5. The van der Waals surface area contributed by atoms with Gasteiger partial charge in [-0.05, 0) is 25.1 Å². The minimum atomic E-state index is 0.0686. The summed E-state index contributed by atoms with van der Waals surface area (Å²) in [4.78, 5) is 11.9. The second-order valence-corrected chi connectivity index (χ2v) is 4.08. The molecule has 0 atom stereocenters. The zero-order chi connectivity index (χ0) is 12.8. The van der Waals surface area contributed by atoms with E-state index < -0.39 is 0 Å². The molecule has 0 aliphatic carbocycles. The first-order valence-electron chi connectivity index (χ1n) is 6.32. The maximum Gasteiger partial charge on any atom is 0.165 e. The van der Waals surface area contributed by atoms with Gasteiger partial charge in [0.25, 0.3) is 0 Å². The lowest BCUT2D eigenvalue weighted by Gasteiger charge is -2.08. The lowest BCUT2D eigenvalue weighted by Crippen LogP contribution is -2.05. The van der Waals surface area contributed by atoms with Crippen LogP contribution in [0.2, 0.25) is 0 Å². The van der Waals surface area contributed by atoms with Gasteiger partial charge in [0.2, 0.25) is 0 Å². The Hall–Kier alpha value is -1.55. The van der Waals surface area contributed by atoms with E-state index in [1.165, 1.54) is 0 Å². The van der Waals surface area contributed by atoms with Crippen LogP contribution in [0.5, 0.6) is 11.5 Å². The number of hydrogen-bond donors (Lipinski definition) is 0. The van der Waals surface area contributed by atoms with Gasteiger partial charge >= 0.3 is 0 Å². The van der Waals surface area contributed by atoms with E-state index in [1.807, 2.05) is 6.92 Å². The third-order valence-corrected chi connectivity index (χ3v) is 2.75. The molecule has 0 spiro atoms. The summed E-state index contributed by atoms with van der Waals surface area (Å²) >= 11 is 0. The Balaban J connectivity index is 2.05. The Morgan fingerprint density at radius 1 is 1.28 bits per heavy atom. The Kier molecular flexibility index (Phi) is 4.59. The largest absolute Gasteiger partial charge is 0.490 e. The van der Waals surface area contributed by atoms with Crippen LogP contribution >= 0.6 is 0 Å². The van der Waals surface area contributed by atoms with E-state index in [1.54, 1.807) is 18.2 Å². The molecule has 1 aromatic carbocycles. The first-order chi connectivity index (χ1) is 8.81. The Morgan fingerprint density at radius 2 is 2.06 bits per heavy atom. The predicted octanol–water partition coefficient (Wildman–Crippen LogP) is 2.46. The number of fused-ring (bicyclic) bond motifs is 1. The number of carbonyl (C=O) groups is 1. The highest BCUT2D eigenvalue weighted by molar-refractivity contribution is 5.96. The SMILES string of the molecule is CCOCCC(=O)c1ccc2c(c1)OCCCO2. The van der Waals surface area contributed by atoms with Gasteiger partial charge in [-0.15, -0.1) is 0 Å². The molecule has 0 bridgehead atoms. The molecule has 0 N–H and O–H groups in total. The number of carbonyl (C=O) groups excluding carboxylic acids is 1. The molecule has 1 heterocycles. The molecule has 4 nitrogen and oxygen atoms in total. The van der Waals surface area contributed by atoms with Crippen molar-refractivity contribution in [1.82, 2.24) is 0 Å². The van der Waals surface area contributed by atoms with Crippen molar-refractivity contribution < 1.29 is 19.0 Å². The van der Waals surface area contributed by atoms with Crippen LogP contribution in [0.15, 0.2) is 18.2 Å². The number of rotatable bonds is 5. The van der Waals surface area contributed by atoms with E-state index in [0.29, 0.717) is 49.9 Å². The van der Waals surface area contributed by atoms with E-state index in [2.05, 4.69) is 0 Å². The van der Waals surface area contributed by atoms with Crippen molar-refractivity contribution in [3.05, 3.63) is 23.8 Å². The maximum atomic E-state index is 11.9. The molecule has 0 saturated carbocycles. The van der Waals surface area contributed by atoms with Gasteiger partial charge in [-0.25, -0.2) is 0 Å². The quantitative estimate of drug-likeness (QED) is 0.595. The monoisotopic (exact) mass is 250 g/mol. The van der Waals surface area contributed by atoms with Gasteiger partial charge in [0.05, 0.1) is 19.8 Å². The van der Waals surface area contributed by atoms with Crippen LogP contribution in [-0.4, -0.2) is 32.2 Å². The van der Waals surface area contributed by atoms with Crippen LogP contribution in [0.25, 0.3) is 0 Å². The summed E-state index contributed by atoms with van der Waals surface area (Å²) in [6.07, 6.45) is 1.26. The van der Waals surface area contributed by atoms with E-state index in [9.17, 15) is 4.79 Å². The molecule has 2 rings (SSSR count). The molecule has 1 aliphatic rings. The Bertz CT molecular complexity index is 414. The predicted molar refractivity (Wildman–Crippen MR) is 67.5 cm³/mol. The lowest BCUT2D eigenvalue weighted by atomic mass is 10.1. The lowest BCUT2D eigenvalue weighted by molar-refractivity contribution is 0.0895. The molecule has 4 heteroatoms. The van der Waals surface area contributed by atoms with Crippen LogP contribution < -0.4 is 9.47 Å². The summed E-state index contributed by atoms with van der Waals surface area (Å²) in [7, 11) is 0. The van der Waals surface area contributed by atoms with Gasteiger partial charge in [0.15, 0.2) is 17.3 Å². The Morgan fingerprint density at radius 3 is 2.83 bits per heavy atom. The minimum absolute atomic E-state index is 0.0686. The summed E-state index contributed by atoms with van der Waals surface area (Å²) < 4.78 is 16.3. The second kappa shape index (κ2) is 6.40. The molecular formula is C14H18O4. The van der Waals surface area contributed by atoms with Gasteiger partial charge in [0, 0.05) is 25.0 Å². The second-order valence-electron chi connectivity index (χ2n) is 4.08.